The molecule has 2 rings (SSSR count). The minimum atomic E-state index is 0.325. The first-order valence-electron chi connectivity index (χ1n) is 6.36. The van der Waals surface area contributed by atoms with E-state index in [2.05, 4.69) is 13.0 Å². The molecule has 1 aliphatic rings. The van der Waals surface area contributed by atoms with Crippen LogP contribution in [0.25, 0.3) is 0 Å². The SMILES string of the molecule is Cc1ccc(C#N)cc1OC1CCCC(C)C1. The largest absolute Gasteiger partial charge is 0.490 e. The van der Waals surface area contributed by atoms with Gasteiger partial charge < -0.3 is 4.74 Å². The molecule has 1 fully saturated rings. The Bertz CT molecular complexity index is 433. The third-order valence-electron chi connectivity index (χ3n) is 3.50. The van der Waals surface area contributed by atoms with Crippen LogP contribution < -0.4 is 4.74 Å². The maximum absolute atomic E-state index is 8.90. The lowest BCUT2D eigenvalue weighted by Crippen LogP contribution is -2.24. The summed E-state index contributed by atoms with van der Waals surface area (Å²) in [6.45, 7) is 4.32. The molecule has 0 radical (unpaired) electrons. The third-order valence-corrected chi connectivity index (χ3v) is 3.50. The van der Waals surface area contributed by atoms with E-state index in [9.17, 15) is 0 Å². The van der Waals surface area contributed by atoms with Gasteiger partial charge in [0.15, 0.2) is 0 Å². The third kappa shape index (κ3) is 3.00. The summed E-state index contributed by atoms with van der Waals surface area (Å²) in [4.78, 5) is 0. The maximum Gasteiger partial charge on any atom is 0.123 e. The van der Waals surface area contributed by atoms with Crippen molar-refractivity contribution in [2.24, 2.45) is 5.92 Å². The Labute approximate surface area is 103 Å². The molecule has 1 saturated carbocycles. The Morgan fingerprint density at radius 3 is 2.88 bits per heavy atom. The van der Waals surface area contributed by atoms with E-state index >= 15 is 0 Å². The van der Waals surface area contributed by atoms with Crippen molar-refractivity contribution in [2.45, 2.75) is 45.6 Å². The number of rotatable bonds is 2. The lowest BCUT2D eigenvalue weighted by Gasteiger charge is -2.28. The molecule has 0 spiro atoms. The van der Waals surface area contributed by atoms with Gasteiger partial charge in [-0.2, -0.15) is 5.26 Å². The Balaban J connectivity index is 2.10. The van der Waals surface area contributed by atoms with Crippen LogP contribution >= 0.6 is 0 Å². The lowest BCUT2D eigenvalue weighted by atomic mass is 9.88. The van der Waals surface area contributed by atoms with Gasteiger partial charge in [0.25, 0.3) is 0 Å². The Kier molecular flexibility index (Phi) is 3.68. The molecule has 0 amide bonds. The molecule has 2 unspecified atom stereocenters. The number of aryl methyl sites for hydroxylation is 1. The molecular formula is C15H19NO. The van der Waals surface area contributed by atoms with E-state index in [1.165, 1.54) is 12.8 Å². The van der Waals surface area contributed by atoms with E-state index in [4.69, 9.17) is 10.00 Å². The second-order valence-corrected chi connectivity index (χ2v) is 5.10. The average Bonchev–Trinajstić information content (AvgIpc) is 2.32. The highest BCUT2D eigenvalue weighted by atomic mass is 16.5. The van der Waals surface area contributed by atoms with E-state index < -0.39 is 0 Å². The minimum Gasteiger partial charge on any atom is -0.490 e. The van der Waals surface area contributed by atoms with Gasteiger partial charge in [-0.3, -0.25) is 0 Å². The maximum atomic E-state index is 8.90. The summed E-state index contributed by atoms with van der Waals surface area (Å²) in [6.07, 6.45) is 5.17. The van der Waals surface area contributed by atoms with Crippen LogP contribution in [0.5, 0.6) is 5.75 Å². The number of hydrogen-bond acceptors (Lipinski definition) is 2. The molecule has 2 nitrogen and oxygen atoms in total. The van der Waals surface area contributed by atoms with E-state index in [0.717, 1.165) is 30.1 Å². The van der Waals surface area contributed by atoms with E-state index in [0.29, 0.717) is 11.7 Å². The number of benzene rings is 1. The van der Waals surface area contributed by atoms with Crippen molar-refractivity contribution >= 4 is 0 Å². The topological polar surface area (TPSA) is 33.0 Å². The van der Waals surface area contributed by atoms with Crippen molar-refractivity contribution in [1.82, 2.24) is 0 Å². The molecule has 0 aliphatic heterocycles. The van der Waals surface area contributed by atoms with Crippen molar-refractivity contribution < 1.29 is 4.74 Å². The number of ether oxygens (including phenoxy) is 1. The Morgan fingerprint density at radius 1 is 1.35 bits per heavy atom. The van der Waals surface area contributed by atoms with Crippen molar-refractivity contribution in [2.75, 3.05) is 0 Å². The van der Waals surface area contributed by atoms with Crippen LogP contribution in [-0.4, -0.2) is 6.10 Å². The number of nitriles is 1. The van der Waals surface area contributed by atoms with E-state index in [-0.39, 0.29) is 0 Å². The fourth-order valence-electron chi connectivity index (χ4n) is 2.46. The zero-order chi connectivity index (χ0) is 12.3. The first kappa shape index (κ1) is 12.0. The fraction of sp³-hybridized carbons (Fsp3) is 0.533. The van der Waals surface area contributed by atoms with Crippen LogP contribution in [0.15, 0.2) is 18.2 Å². The highest BCUT2D eigenvalue weighted by Crippen LogP contribution is 2.29. The Hall–Kier alpha value is -1.49. The molecule has 0 bridgehead atoms. The van der Waals surface area contributed by atoms with Gasteiger partial charge in [-0.1, -0.05) is 19.4 Å². The molecule has 0 aromatic heterocycles. The molecular weight excluding hydrogens is 210 g/mol. The second-order valence-electron chi connectivity index (χ2n) is 5.10. The van der Waals surface area contributed by atoms with Crippen LogP contribution in [0.1, 0.15) is 43.7 Å². The summed E-state index contributed by atoms with van der Waals surface area (Å²) in [7, 11) is 0. The van der Waals surface area contributed by atoms with E-state index in [1.54, 1.807) is 0 Å². The van der Waals surface area contributed by atoms with Crippen molar-refractivity contribution in [3.8, 4) is 11.8 Å². The first-order valence-corrected chi connectivity index (χ1v) is 6.36. The van der Waals surface area contributed by atoms with Gasteiger partial charge in [0.1, 0.15) is 5.75 Å². The number of hydrogen-bond donors (Lipinski definition) is 0. The molecule has 0 heterocycles. The van der Waals surface area contributed by atoms with Gasteiger partial charge in [0, 0.05) is 0 Å². The predicted octanol–water partition coefficient (Wildman–Crippen LogP) is 3.82. The molecule has 90 valence electrons. The summed E-state index contributed by atoms with van der Waals surface area (Å²) >= 11 is 0. The average molecular weight is 229 g/mol. The summed E-state index contributed by atoms with van der Waals surface area (Å²) in [5, 5.41) is 8.90. The molecule has 0 N–H and O–H groups in total. The number of nitrogens with zero attached hydrogens (tertiary/aromatic N) is 1. The lowest BCUT2D eigenvalue weighted by molar-refractivity contribution is 0.128. The molecule has 1 aromatic carbocycles. The highest BCUT2D eigenvalue weighted by Gasteiger charge is 2.20. The fourth-order valence-corrected chi connectivity index (χ4v) is 2.46. The molecule has 1 aliphatic carbocycles. The van der Waals surface area contributed by atoms with Gasteiger partial charge in [-0.15, -0.1) is 0 Å². The second kappa shape index (κ2) is 5.23. The standard InChI is InChI=1S/C15H19NO/c1-11-4-3-5-14(8-11)17-15-9-13(10-16)7-6-12(15)2/h6-7,9,11,14H,3-5,8H2,1-2H3. The quantitative estimate of drug-likeness (QED) is 0.772. The van der Waals surface area contributed by atoms with Gasteiger partial charge in [-0.25, -0.2) is 0 Å². The highest BCUT2D eigenvalue weighted by molar-refractivity contribution is 5.41. The normalized spacial score (nSPS) is 24.1. The minimum absolute atomic E-state index is 0.325. The summed E-state index contributed by atoms with van der Waals surface area (Å²) in [5.41, 5.74) is 1.79. The van der Waals surface area contributed by atoms with Crippen molar-refractivity contribution in [3.05, 3.63) is 29.3 Å². The van der Waals surface area contributed by atoms with Crippen molar-refractivity contribution in [3.63, 3.8) is 0 Å². The Morgan fingerprint density at radius 2 is 2.18 bits per heavy atom. The molecule has 1 aromatic rings. The molecule has 2 heteroatoms. The van der Waals surface area contributed by atoms with Crippen LogP contribution in [0.3, 0.4) is 0 Å². The zero-order valence-corrected chi connectivity index (χ0v) is 10.6. The molecule has 2 atom stereocenters. The van der Waals surface area contributed by atoms with E-state index in [1.807, 2.05) is 25.1 Å². The van der Waals surface area contributed by atoms with Crippen LogP contribution in [0, 0.1) is 24.2 Å². The van der Waals surface area contributed by atoms with Gasteiger partial charge >= 0.3 is 0 Å². The molecule has 0 saturated heterocycles. The summed E-state index contributed by atoms with van der Waals surface area (Å²) in [6, 6.07) is 7.81. The van der Waals surface area contributed by atoms with Crippen LogP contribution in [0.2, 0.25) is 0 Å². The predicted molar refractivity (Wildman–Crippen MR) is 67.9 cm³/mol. The summed E-state index contributed by atoms with van der Waals surface area (Å²) < 4.78 is 6.05. The summed E-state index contributed by atoms with van der Waals surface area (Å²) in [5.74, 6) is 1.64. The van der Waals surface area contributed by atoms with Crippen molar-refractivity contribution in [1.29, 1.82) is 5.26 Å². The van der Waals surface area contributed by atoms with Gasteiger partial charge in [-0.05, 0) is 49.8 Å². The van der Waals surface area contributed by atoms with Crippen LogP contribution in [0.4, 0.5) is 0 Å². The first-order chi connectivity index (χ1) is 8.19. The molecule has 17 heavy (non-hydrogen) atoms. The smallest absolute Gasteiger partial charge is 0.123 e. The van der Waals surface area contributed by atoms with Gasteiger partial charge in [0.2, 0.25) is 0 Å². The zero-order valence-electron chi connectivity index (χ0n) is 10.6. The monoisotopic (exact) mass is 229 g/mol. The van der Waals surface area contributed by atoms with Gasteiger partial charge in [0.05, 0.1) is 17.7 Å². The van der Waals surface area contributed by atoms with Crippen LogP contribution in [-0.2, 0) is 0 Å².